The van der Waals surface area contributed by atoms with Gasteiger partial charge < -0.3 is 5.11 Å². The minimum Gasteiger partial charge on any atom is -0.389 e. The highest BCUT2D eigenvalue weighted by Gasteiger charge is 2.59. The molecule has 0 radical (unpaired) electrons. The number of aliphatic hydroxyl groups is 1. The quantitative estimate of drug-likeness (QED) is 0.734. The fourth-order valence-corrected chi connectivity index (χ4v) is 5.30. The van der Waals surface area contributed by atoms with E-state index >= 15 is 0 Å². The van der Waals surface area contributed by atoms with E-state index in [0.717, 1.165) is 25.7 Å². The van der Waals surface area contributed by atoms with Gasteiger partial charge in [-0.2, -0.15) is 0 Å². The molecule has 2 heteroatoms. The predicted molar refractivity (Wildman–Crippen MR) is 89.4 cm³/mol. The van der Waals surface area contributed by atoms with E-state index in [9.17, 15) is 9.90 Å². The van der Waals surface area contributed by atoms with Gasteiger partial charge in [0.1, 0.15) is 5.78 Å². The molecule has 0 aromatic heterocycles. The third-order valence-corrected chi connectivity index (χ3v) is 6.95. The van der Waals surface area contributed by atoms with Crippen molar-refractivity contribution >= 4 is 5.78 Å². The largest absolute Gasteiger partial charge is 0.389 e. The summed E-state index contributed by atoms with van der Waals surface area (Å²) in [7, 11) is 0. The van der Waals surface area contributed by atoms with Crippen LogP contribution in [-0.2, 0) is 4.79 Å². The Morgan fingerprint density at radius 3 is 2.50 bits per heavy atom. The smallest absolute Gasteiger partial charge is 0.149 e. The summed E-state index contributed by atoms with van der Waals surface area (Å²) in [6.45, 7) is 10.7. The molecule has 2 unspecified atom stereocenters. The molecule has 5 atom stereocenters. The third kappa shape index (κ3) is 2.06. The summed E-state index contributed by atoms with van der Waals surface area (Å²) in [5.74, 6) is 0.505. The Morgan fingerprint density at radius 1 is 1.23 bits per heavy atom. The topological polar surface area (TPSA) is 37.3 Å². The second-order valence-electron chi connectivity index (χ2n) is 8.75. The van der Waals surface area contributed by atoms with Crippen LogP contribution in [0.5, 0.6) is 0 Å². The lowest BCUT2D eigenvalue weighted by Crippen LogP contribution is -2.47. The Kier molecular flexibility index (Phi) is 3.49. The second-order valence-corrected chi connectivity index (χ2v) is 8.75. The van der Waals surface area contributed by atoms with E-state index in [1.807, 2.05) is 0 Å². The molecule has 0 aromatic rings. The SMILES string of the molecule is CC1=C[C@@]2(C)C=C[C@@H]1C(=O)C1(C)CCC(O)(C(C)C)[C@H]1CC2. The maximum atomic E-state index is 13.3. The van der Waals surface area contributed by atoms with E-state index in [-0.39, 0.29) is 23.2 Å². The number of Topliss-reactive ketones (excluding diaryl/α,β-unsaturated/α-hetero) is 1. The Morgan fingerprint density at radius 2 is 1.91 bits per heavy atom. The molecule has 0 saturated heterocycles. The monoisotopic (exact) mass is 302 g/mol. The highest BCUT2D eigenvalue weighted by molar-refractivity contribution is 5.91. The van der Waals surface area contributed by atoms with Gasteiger partial charge in [-0.15, -0.1) is 0 Å². The first-order chi connectivity index (χ1) is 10.1. The molecule has 4 rings (SSSR count). The van der Waals surface area contributed by atoms with Crippen molar-refractivity contribution < 1.29 is 9.90 Å². The van der Waals surface area contributed by atoms with Crippen LogP contribution in [-0.4, -0.2) is 16.5 Å². The molecule has 4 aliphatic carbocycles. The van der Waals surface area contributed by atoms with Crippen LogP contribution < -0.4 is 0 Å². The number of carbonyl (C=O) groups is 1. The molecule has 1 saturated carbocycles. The first kappa shape index (κ1) is 16.0. The summed E-state index contributed by atoms with van der Waals surface area (Å²) in [4.78, 5) is 13.3. The maximum absolute atomic E-state index is 13.3. The van der Waals surface area contributed by atoms with Gasteiger partial charge >= 0.3 is 0 Å². The van der Waals surface area contributed by atoms with Crippen molar-refractivity contribution in [1.82, 2.24) is 0 Å². The Balaban J connectivity index is 2.08. The Bertz CT molecular complexity index is 558. The number of rotatable bonds is 1. The third-order valence-electron chi connectivity index (χ3n) is 6.95. The van der Waals surface area contributed by atoms with Crippen LogP contribution >= 0.6 is 0 Å². The number of fused-ring (bicyclic) bond motifs is 1. The van der Waals surface area contributed by atoms with Crippen molar-refractivity contribution in [3.05, 3.63) is 23.8 Å². The standard InChI is InChI=1S/C20H30O2/c1-13(2)20(22)11-10-19(5)16(20)7-9-18(4)8-6-15(17(19)21)14(3)12-18/h6,8,12-13,15-16,22H,7,9-11H2,1-5H3/t15-,16-,18-,19?,20?/m0/s1. The molecule has 2 nitrogen and oxygen atoms in total. The minimum atomic E-state index is -0.696. The number of hydrogen-bond donors (Lipinski definition) is 1. The Labute approximate surface area is 134 Å². The molecule has 22 heavy (non-hydrogen) atoms. The van der Waals surface area contributed by atoms with Crippen molar-refractivity contribution in [3.8, 4) is 0 Å². The molecule has 4 aliphatic rings. The molecule has 0 heterocycles. The van der Waals surface area contributed by atoms with Crippen LogP contribution in [0.15, 0.2) is 23.8 Å². The van der Waals surface area contributed by atoms with E-state index in [0.29, 0.717) is 5.78 Å². The molecule has 2 bridgehead atoms. The first-order valence-electron chi connectivity index (χ1n) is 8.78. The van der Waals surface area contributed by atoms with Crippen LogP contribution in [0.4, 0.5) is 0 Å². The molecule has 1 fully saturated rings. The van der Waals surface area contributed by atoms with E-state index in [1.165, 1.54) is 5.57 Å². The van der Waals surface area contributed by atoms with Crippen LogP contribution in [0, 0.1) is 28.6 Å². The minimum absolute atomic E-state index is 0.0343. The van der Waals surface area contributed by atoms with Gasteiger partial charge in [0.2, 0.25) is 0 Å². The zero-order valence-corrected chi connectivity index (χ0v) is 14.6. The van der Waals surface area contributed by atoms with Gasteiger partial charge in [-0.25, -0.2) is 0 Å². The van der Waals surface area contributed by atoms with Crippen LogP contribution in [0.2, 0.25) is 0 Å². The molecular formula is C20H30O2. The zero-order valence-electron chi connectivity index (χ0n) is 14.6. The molecule has 0 aliphatic heterocycles. The molecule has 0 spiro atoms. The van der Waals surface area contributed by atoms with Gasteiger partial charge in [0.05, 0.1) is 11.5 Å². The van der Waals surface area contributed by atoms with Crippen molar-refractivity contribution in [2.24, 2.45) is 28.6 Å². The Hall–Kier alpha value is -0.890. The van der Waals surface area contributed by atoms with E-state index in [1.54, 1.807) is 0 Å². The lowest BCUT2D eigenvalue weighted by molar-refractivity contribution is -0.137. The average Bonchev–Trinajstić information content (AvgIpc) is 2.72. The summed E-state index contributed by atoms with van der Waals surface area (Å²) in [5.41, 5.74) is 0.140. The fraction of sp³-hybridized carbons (Fsp3) is 0.750. The number of allylic oxidation sites excluding steroid dienone is 4. The summed E-state index contributed by atoms with van der Waals surface area (Å²) in [6.07, 6.45) is 10.1. The van der Waals surface area contributed by atoms with Crippen molar-refractivity contribution in [3.63, 3.8) is 0 Å². The average molecular weight is 302 g/mol. The van der Waals surface area contributed by atoms with Crippen molar-refractivity contribution in [2.45, 2.75) is 65.9 Å². The molecule has 0 amide bonds. The van der Waals surface area contributed by atoms with Crippen LogP contribution in [0.3, 0.4) is 0 Å². The highest BCUT2D eigenvalue weighted by Crippen LogP contribution is 2.58. The molecule has 122 valence electrons. The highest BCUT2D eigenvalue weighted by atomic mass is 16.3. The summed E-state index contributed by atoms with van der Waals surface area (Å²) in [6, 6.07) is 0. The van der Waals surface area contributed by atoms with Gasteiger partial charge in [0.25, 0.3) is 0 Å². The van der Waals surface area contributed by atoms with Gasteiger partial charge in [-0.05, 0) is 38.5 Å². The number of hydrogen-bond acceptors (Lipinski definition) is 2. The van der Waals surface area contributed by atoms with Crippen molar-refractivity contribution in [1.29, 1.82) is 0 Å². The van der Waals surface area contributed by atoms with Gasteiger partial charge in [-0.3, -0.25) is 4.79 Å². The van der Waals surface area contributed by atoms with Crippen LogP contribution in [0.1, 0.15) is 60.3 Å². The van der Waals surface area contributed by atoms with E-state index in [4.69, 9.17) is 0 Å². The zero-order chi connectivity index (χ0) is 16.3. The number of ketones is 1. The van der Waals surface area contributed by atoms with Crippen molar-refractivity contribution in [2.75, 3.05) is 0 Å². The molecule has 1 N–H and O–H groups in total. The predicted octanol–water partition coefficient (Wildman–Crippen LogP) is 4.29. The molecular weight excluding hydrogens is 272 g/mol. The summed E-state index contributed by atoms with van der Waals surface area (Å²) in [5, 5.41) is 11.3. The first-order valence-corrected chi connectivity index (χ1v) is 8.78. The summed E-state index contributed by atoms with van der Waals surface area (Å²) >= 11 is 0. The maximum Gasteiger partial charge on any atom is 0.149 e. The lowest BCUT2D eigenvalue weighted by Gasteiger charge is -2.41. The lowest BCUT2D eigenvalue weighted by atomic mass is 9.65. The summed E-state index contributed by atoms with van der Waals surface area (Å²) < 4.78 is 0. The fourth-order valence-electron chi connectivity index (χ4n) is 5.30. The van der Waals surface area contributed by atoms with Crippen LogP contribution in [0.25, 0.3) is 0 Å². The van der Waals surface area contributed by atoms with E-state index < -0.39 is 11.0 Å². The van der Waals surface area contributed by atoms with Gasteiger partial charge in [0, 0.05) is 16.7 Å². The molecule has 0 aromatic carbocycles. The normalized spacial score (nSPS) is 48.0. The van der Waals surface area contributed by atoms with Gasteiger partial charge in [-0.1, -0.05) is 51.5 Å². The number of carbonyl (C=O) groups excluding carboxylic acids is 1. The second kappa shape index (κ2) is 4.80. The van der Waals surface area contributed by atoms with Gasteiger partial charge in [0.15, 0.2) is 0 Å². The van der Waals surface area contributed by atoms with E-state index in [2.05, 4.69) is 52.8 Å².